The van der Waals surface area contributed by atoms with Gasteiger partial charge in [-0.15, -0.1) is 6.42 Å². The molecule has 0 bridgehead atoms. The fraction of sp³-hybridized carbons (Fsp3) is 0.357. The van der Waals surface area contributed by atoms with Crippen LogP contribution in [0.4, 0.5) is 13.2 Å². The molecule has 1 N–H and O–H groups in total. The molecule has 1 rings (SSSR count). The monoisotopic (exact) mass is 338 g/mol. The number of hydrogen-bond acceptors (Lipinski definition) is 1. The van der Waals surface area contributed by atoms with Crippen molar-refractivity contribution in [3.8, 4) is 12.3 Å². The molecule has 0 saturated heterocycles. The zero-order valence-electron chi connectivity index (χ0n) is 10.7. The number of rotatable bonds is 5. The molecule has 21 heavy (non-hydrogen) atoms. The Morgan fingerprint density at radius 2 is 1.76 bits per heavy atom. The van der Waals surface area contributed by atoms with E-state index >= 15 is 0 Å². The minimum atomic E-state index is -4.76. The van der Waals surface area contributed by atoms with E-state index in [0.717, 1.165) is 12.1 Å². The summed E-state index contributed by atoms with van der Waals surface area (Å²) in [6, 6.07) is 3.49. The summed E-state index contributed by atoms with van der Waals surface area (Å²) in [6.45, 7) is 0. The lowest BCUT2D eigenvalue weighted by Crippen LogP contribution is -2.41. The smallest absolute Gasteiger partial charge is 0.409 e. The van der Waals surface area contributed by atoms with Crippen molar-refractivity contribution in [3.05, 3.63) is 33.8 Å². The maximum absolute atomic E-state index is 13.5. The third kappa shape index (κ3) is 4.05. The normalized spacial score (nSPS) is 14.3. The zero-order valence-corrected chi connectivity index (χ0v) is 12.2. The van der Waals surface area contributed by atoms with Gasteiger partial charge in [0.15, 0.2) is 5.41 Å². The van der Waals surface area contributed by atoms with E-state index in [1.807, 2.05) is 0 Å². The first-order chi connectivity index (χ1) is 9.62. The maximum Gasteiger partial charge on any atom is 0.409 e. The topological polar surface area (TPSA) is 37.3 Å². The molecule has 0 heterocycles. The average molecular weight is 339 g/mol. The molecule has 114 valence electrons. The lowest BCUT2D eigenvalue weighted by atomic mass is 9.76. The van der Waals surface area contributed by atoms with E-state index in [1.165, 1.54) is 6.07 Å². The Morgan fingerprint density at radius 1 is 1.24 bits per heavy atom. The van der Waals surface area contributed by atoms with Gasteiger partial charge in [-0.3, -0.25) is 4.79 Å². The Morgan fingerprint density at radius 3 is 2.14 bits per heavy atom. The van der Waals surface area contributed by atoms with Crippen molar-refractivity contribution in [1.82, 2.24) is 0 Å². The number of aliphatic carboxylic acids is 1. The summed E-state index contributed by atoms with van der Waals surface area (Å²) in [7, 11) is 0. The van der Waals surface area contributed by atoms with E-state index in [0.29, 0.717) is 0 Å². The summed E-state index contributed by atoms with van der Waals surface area (Å²) in [5.74, 6) is 0.577. The number of terminal acetylenes is 1. The van der Waals surface area contributed by atoms with Crippen LogP contribution in [0, 0.1) is 12.3 Å². The minimum absolute atomic E-state index is 0.0274. The van der Waals surface area contributed by atoms with Gasteiger partial charge in [-0.2, -0.15) is 13.2 Å². The van der Waals surface area contributed by atoms with Gasteiger partial charge in [-0.1, -0.05) is 29.1 Å². The van der Waals surface area contributed by atoms with Gasteiger partial charge in [0.1, 0.15) is 0 Å². The van der Waals surface area contributed by atoms with Gasteiger partial charge in [0.25, 0.3) is 0 Å². The van der Waals surface area contributed by atoms with E-state index in [4.69, 9.17) is 34.7 Å². The highest BCUT2D eigenvalue weighted by molar-refractivity contribution is 6.34. The van der Waals surface area contributed by atoms with Crippen LogP contribution in [0.2, 0.25) is 10.0 Å². The van der Waals surface area contributed by atoms with Crippen molar-refractivity contribution in [1.29, 1.82) is 0 Å². The molecule has 0 saturated carbocycles. The number of halogens is 5. The van der Waals surface area contributed by atoms with E-state index in [2.05, 4.69) is 0 Å². The van der Waals surface area contributed by atoms with Gasteiger partial charge in [0.05, 0.1) is 0 Å². The van der Waals surface area contributed by atoms with Gasteiger partial charge < -0.3 is 5.11 Å². The summed E-state index contributed by atoms with van der Waals surface area (Å²) in [4.78, 5) is 10.5. The standard InChI is InChI=1S/C14H11Cl2F3O2/c1-2-13(14(17,18)19,5-3-4-12(20)21)9-6-10(15)8-11(16)7-9/h1,6-8H,3-5H2,(H,20,21)/t13-/m0/s1. The average Bonchev–Trinajstić information content (AvgIpc) is 2.31. The van der Waals surface area contributed by atoms with Gasteiger partial charge in [0.2, 0.25) is 0 Å². The Labute approximate surface area is 129 Å². The van der Waals surface area contributed by atoms with Gasteiger partial charge in [-0.05, 0) is 36.6 Å². The third-order valence-electron chi connectivity index (χ3n) is 3.03. The van der Waals surface area contributed by atoms with Crippen molar-refractivity contribution in [3.63, 3.8) is 0 Å². The highest BCUT2D eigenvalue weighted by atomic mass is 35.5. The molecule has 0 amide bonds. The molecule has 0 spiro atoms. The highest BCUT2D eigenvalue weighted by Crippen LogP contribution is 2.45. The van der Waals surface area contributed by atoms with Crippen LogP contribution >= 0.6 is 23.2 Å². The van der Waals surface area contributed by atoms with Crippen LogP contribution in [-0.4, -0.2) is 17.3 Å². The lowest BCUT2D eigenvalue weighted by Gasteiger charge is -2.31. The van der Waals surface area contributed by atoms with Gasteiger partial charge in [-0.25, -0.2) is 0 Å². The number of carboxylic acid groups (broad SMARTS) is 1. The van der Waals surface area contributed by atoms with Crippen molar-refractivity contribution >= 4 is 29.2 Å². The molecule has 1 aromatic carbocycles. The van der Waals surface area contributed by atoms with Crippen LogP contribution in [0.15, 0.2) is 18.2 Å². The second-order valence-electron chi connectivity index (χ2n) is 4.45. The molecule has 0 aliphatic carbocycles. The molecule has 0 aliphatic rings. The SMILES string of the molecule is C#C[C@](CCCC(=O)O)(c1cc(Cl)cc(Cl)c1)C(F)(F)F. The van der Waals surface area contributed by atoms with Crippen LogP contribution in [0.3, 0.4) is 0 Å². The molecule has 0 fully saturated rings. The molecular formula is C14H11Cl2F3O2. The summed E-state index contributed by atoms with van der Waals surface area (Å²) < 4.78 is 40.4. The van der Waals surface area contributed by atoms with Crippen molar-refractivity contribution < 1.29 is 23.1 Å². The number of benzene rings is 1. The first-order valence-electron chi connectivity index (χ1n) is 5.85. The fourth-order valence-electron chi connectivity index (χ4n) is 1.99. The fourth-order valence-corrected chi connectivity index (χ4v) is 2.52. The summed E-state index contributed by atoms with van der Waals surface area (Å²) >= 11 is 11.5. The molecule has 0 radical (unpaired) electrons. The second kappa shape index (κ2) is 6.59. The first kappa shape index (κ1) is 17.7. The number of hydrogen-bond donors (Lipinski definition) is 1. The third-order valence-corrected chi connectivity index (χ3v) is 3.46. The Balaban J connectivity index is 3.30. The molecule has 1 atom stereocenters. The number of carboxylic acids is 1. The van der Waals surface area contributed by atoms with Gasteiger partial charge in [0, 0.05) is 16.5 Å². The summed E-state index contributed by atoms with van der Waals surface area (Å²) in [5, 5.41) is 8.62. The second-order valence-corrected chi connectivity index (χ2v) is 5.33. The van der Waals surface area contributed by atoms with E-state index in [-0.39, 0.29) is 22.0 Å². The van der Waals surface area contributed by atoms with Gasteiger partial charge >= 0.3 is 12.1 Å². The van der Waals surface area contributed by atoms with Crippen LogP contribution in [0.25, 0.3) is 0 Å². The molecule has 2 nitrogen and oxygen atoms in total. The number of alkyl halides is 3. The van der Waals surface area contributed by atoms with E-state index in [1.54, 1.807) is 5.92 Å². The summed E-state index contributed by atoms with van der Waals surface area (Å²) in [5.41, 5.74) is -2.88. The molecule has 7 heteroatoms. The van der Waals surface area contributed by atoms with E-state index in [9.17, 15) is 18.0 Å². The quantitative estimate of drug-likeness (QED) is 0.791. The van der Waals surface area contributed by atoms with E-state index < -0.39 is 30.4 Å². The Bertz CT molecular complexity index is 558. The lowest BCUT2D eigenvalue weighted by molar-refractivity contribution is -0.175. The maximum atomic E-state index is 13.5. The van der Waals surface area contributed by atoms with Crippen molar-refractivity contribution in [2.24, 2.45) is 0 Å². The molecule has 0 aromatic heterocycles. The first-order valence-corrected chi connectivity index (χ1v) is 6.61. The minimum Gasteiger partial charge on any atom is -0.481 e. The molecular weight excluding hydrogens is 328 g/mol. The number of carbonyl (C=O) groups is 1. The molecule has 0 aliphatic heterocycles. The zero-order chi connectivity index (χ0) is 16.3. The Hall–Kier alpha value is -1.38. The van der Waals surface area contributed by atoms with Crippen LogP contribution in [0.1, 0.15) is 24.8 Å². The van der Waals surface area contributed by atoms with Crippen molar-refractivity contribution in [2.45, 2.75) is 30.9 Å². The van der Waals surface area contributed by atoms with Crippen LogP contribution < -0.4 is 0 Å². The molecule has 1 aromatic rings. The predicted molar refractivity (Wildman–Crippen MR) is 74.5 cm³/mol. The van der Waals surface area contributed by atoms with Crippen LogP contribution in [-0.2, 0) is 10.2 Å². The molecule has 0 unspecified atom stereocenters. The Kier molecular flexibility index (Phi) is 5.54. The summed E-state index contributed by atoms with van der Waals surface area (Å²) in [6.07, 6.45) is -0.804. The highest BCUT2D eigenvalue weighted by Gasteiger charge is 2.54. The largest absolute Gasteiger partial charge is 0.481 e. The van der Waals surface area contributed by atoms with Crippen molar-refractivity contribution in [2.75, 3.05) is 0 Å². The predicted octanol–water partition coefficient (Wildman–Crippen LogP) is 4.68. The van der Waals surface area contributed by atoms with Crippen LogP contribution in [0.5, 0.6) is 0 Å².